The number of benzene rings is 1. The van der Waals surface area contributed by atoms with Crippen molar-refractivity contribution in [3.05, 3.63) is 46.0 Å². The molecule has 0 radical (unpaired) electrons. The van der Waals surface area contributed by atoms with Crippen LogP contribution in [0.3, 0.4) is 0 Å². The lowest BCUT2D eigenvalue weighted by Gasteiger charge is -2.13. The second kappa shape index (κ2) is 4.95. The largest absolute Gasteiger partial charge is 0.324 e. The first-order valence-corrected chi connectivity index (χ1v) is 6.24. The fourth-order valence-electron chi connectivity index (χ4n) is 2.08. The summed E-state index contributed by atoms with van der Waals surface area (Å²) >= 11 is 3.48. The van der Waals surface area contributed by atoms with Gasteiger partial charge in [-0.2, -0.15) is 0 Å². The maximum absolute atomic E-state index is 6.18. The topological polar surface area (TPSA) is 26.0 Å². The van der Waals surface area contributed by atoms with Crippen LogP contribution in [0.15, 0.2) is 40.4 Å². The molecule has 15 heavy (non-hydrogen) atoms. The molecule has 1 aliphatic rings. The molecule has 1 aromatic carbocycles. The van der Waals surface area contributed by atoms with Crippen LogP contribution in [0, 0.1) is 0 Å². The van der Waals surface area contributed by atoms with E-state index in [1.165, 1.54) is 30.4 Å². The molecule has 1 nitrogen and oxygen atoms in total. The third-order valence-electron chi connectivity index (χ3n) is 2.90. The molecule has 1 unspecified atom stereocenters. The van der Waals surface area contributed by atoms with Gasteiger partial charge in [0.15, 0.2) is 0 Å². The predicted octanol–water partition coefficient (Wildman–Crippen LogP) is 3.43. The SMILES string of the molecule is NC(Cc1cccc(Br)c1)C1=CCCC1. The standard InChI is InChI=1S/C13H16BrN/c14-12-7-3-4-10(8-12)9-13(15)11-5-1-2-6-11/h3-5,7-8,13H,1-2,6,9,15H2. The third-order valence-corrected chi connectivity index (χ3v) is 3.39. The van der Waals surface area contributed by atoms with Crippen LogP contribution in [0.1, 0.15) is 24.8 Å². The van der Waals surface area contributed by atoms with Crippen molar-refractivity contribution in [2.75, 3.05) is 0 Å². The van der Waals surface area contributed by atoms with Crippen molar-refractivity contribution >= 4 is 15.9 Å². The molecule has 0 heterocycles. The Morgan fingerprint density at radius 2 is 2.27 bits per heavy atom. The first-order chi connectivity index (χ1) is 7.25. The van der Waals surface area contributed by atoms with Gasteiger partial charge in [0.05, 0.1) is 0 Å². The van der Waals surface area contributed by atoms with Gasteiger partial charge in [-0.15, -0.1) is 0 Å². The lowest BCUT2D eigenvalue weighted by molar-refractivity contribution is 0.728. The summed E-state index contributed by atoms with van der Waals surface area (Å²) in [5, 5.41) is 0. The van der Waals surface area contributed by atoms with Gasteiger partial charge in [0.2, 0.25) is 0 Å². The fraction of sp³-hybridized carbons (Fsp3) is 0.385. The third kappa shape index (κ3) is 2.93. The molecular weight excluding hydrogens is 250 g/mol. The van der Waals surface area contributed by atoms with Crippen LogP contribution in [-0.4, -0.2) is 6.04 Å². The monoisotopic (exact) mass is 265 g/mol. The van der Waals surface area contributed by atoms with Crippen molar-refractivity contribution in [2.45, 2.75) is 31.7 Å². The minimum Gasteiger partial charge on any atom is -0.324 e. The molecule has 1 aliphatic carbocycles. The van der Waals surface area contributed by atoms with Gasteiger partial charge in [0.1, 0.15) is 0 Å². The van der Waals surface area contributed by atoms with E-state index in [4.69, 9.17) is 5.73 Å². The van der Waals surface area contributed by atoms with E-state index in [1.807, 2.05) is 6.07 Å². The first-order valence-electron chi connectivity index (χ1n) is 5.44. The molecule has 0 fully saturated rings. The van der Waals surface area contributed by atoms with Gasteiger partial charge >= 0.3 is 0 Å². The van der Waals surface area contributed by atoms with Crippen molar-refractivity contribution in [3.63, 3.8) is 0 Å². The maximum atomic E-state index is 6.18. The van der Waals surface area contributed by atoms with Gasteiger partial charge in [0.25, 0.3) is 0 Å². The molecule has 0 amide bonds. The van der Waals surface area contributed by atoms with Gasteiger partial charge < -0.3 is 5.73 Å². The average molecular weight is 266 g/mol. The van der Waals surface area contributed by atoms with Crippen LogP contribution in [0.5, 0.6) is 0 Å². The normalized spacial score (nSPS) is 17.6. The van der Waals surface area contributed by atoms with Crippen molar-refractivity contribution in [1.29, 1.82) is 0 Å². The zero-order chi connectivity index (χ0) is 10.7. The molecule has 1 atom stereocenters. The highest BCUT2D eigenvalue weighted by Crippen LogP contribution is 2.22. The Kier molecular flexibility index (Phi) is 3.60. The van der Waals surface area contributed by atoms with Crippen LogP contribution < -0.4 is 5.73 Å². The number of nitrogens with two attached hydrogens (primary N) is 1. The fourth-order valence-corrected chi connectivity index (χ4v) is 2.53. The summed E-state index contributed by atoms with van der Waals surface area (Å²) in [4.78, 5) is 0. The van der Waals surface area contributed by atoms with Gasteiger partial charge in [-0.25, -0.2) is 0 Å². The number of halogens is 1. The second-order valence-corrected chi connectivity index (χ2v) is 5.03. The Labute approximate surface area is 99.5 Å². The smallest absolute Gasteiger partial charge is 0.0294 e. The van der Waals surface area contributed by atoms with E-state index in [0.29, 0.717) is 0 Å². The van der Waals surface area contributed by atoms with Gasteiger partial charge in [-0.1, -0.05) is 39.7 Å². The van der Waals surface area contributed by atoms with Crippen LogP contribution in [-0.2, 0) is 6.42 Å². The lowest BCUT2D eigenvalue weighted by atomic mass is 9.99. The molecule has 2 heteroatoms. The summed E-state index contributed by atoms with van der Waals surface area (Å²) < 4.78 is 1.13. The van der Waals surface area contributed by atoms with E-state index in [-0.39, 0.29) is 6.04 Å². The molecule has 1 aromatic rings. The van der Waals surface area contributed by atoms with Crippen molar-refractivity contribution in [1.82, 2.24) is 0 Å². The summed E-state index contributed by atoms with van der Waals surface area (Å²) in [5.41, 5.74) is 8.93. The molecule has 80 valence electrons. The average Bonchev–Trinajstić information content (AvgIpc) is 2.70. The highest BCUT2D eigenvalue weighted by molar-refractivity contribution is 9.10. The number of hydrogen-bond donors (Lipinski definition) is 1. The zero-order valence-electron chi connectivity index (χ0n) is 8.75. The van der Waals surface area contributed by atoms with E-state index in [2.05, 4.69) is 40.2 Å². The molecular formula is C13H16BrN. The zero-order valence-corrected chi connectivity index (χ0v) is 10.3. The van der Waals surface area contributed by atoms with Crippen molar-refractivity contribution in [3.8, 4) is 0 Å². The van der Waals surface area contributed by atoms with Crippen molar-refractivity contribution < 1.29 is 0 Å². The van der Waals surface area contributed by atoms with Crippen LogP contribution in [0.4, 0.5) is 0 Å². The minimum atomic E-state index is 0.210. The molecule has 0 aromatic heterocycles. The first kappa shape index (κ1) is 10.9. The van der Waals surface area contributed by atoms with Gasteiger partial charge in [-0.05, 0) is 43.4 Å². The molecule has 0 spiro atoms. The Morgan fingerprint density at radius 1 is 1.40 bits per heavy atom. The maximum Gasteiger partial charge on any atom is 0.0294 e. The summed E-state index contributed by atoms with van der Waals surface area (Å²) in [6.07, 6.45) is 6.94. The summed E-state index contributed by atoms with van der Waals surface area (Å²) in [7, 11) is 0. The predicted molar refractivity (Wildman–Crippen MR) is 67.8 cm³/mol. The van der Waals surface area contributed by atoms with E-state index in [1.54, 1.807) is 0 Å². The van der Waals surface area contributed by atoms with Gasteiger partial charge in [-0.3, -0.25) is 0 Å². The Morgan fingerprint density at radius 3 is 2.93 bits per heavy atom. The van der Waals surface area contributed by atoms with Crippen LogP contribution in [0.25, 0.3) is 0 Å². The molecule has 0 saturated heterocycles. The van der Waals surface area contributed by atoms with E-state index in [9.17, 15) is 0 Å². The minimum absolute atomic E-state index is 0.210. The second-order valence-electron chi connectivity index (χ2n) is 4.11. The summed E-state index contributed by atoms with van der Waals surface area (Å²) in [6.45, 7) is 0. The van der Waals surface area contributed by atoms with Crippen LogP contribution in [0.2, 0.25) is 0 Å². The Hall–Kier alpha value is -0.600. The van der Waals surface area contributed by atoms with Crippen molar-refractivity contribution in [2.24, 2.45) is 5.73 Å². The Bertz CT molecular complexity index is 371. The number of allylic oxidation sites excluding steroid dienone is 1. The van der Waals surface area contributed by atoms with E-state index >= 15 is 0 Å². The van der Waals surface area contributed by atoms with Crippen LogP contribution >= 0.6 is 15.9 Å². The molecule has 0 saturated carbocycles. The number of rotatable bonds is 3. The highest BCUT2D eigenvalue weighted by atomic mass is 79.9. The Balaban J connectivity index is 2.02. The van der Waals surface area contributed by atoms with E-state index < -0.39 is 0 Å². The number of hydrogen-bond acceptors (Lipinski definition) is 1. The molecule has 0 aliphatic heterocycles. The molecule has 2 rings (SSSR count). The quantitative estimate of drug-likeness (QED) is 0.833. The summed E-state index contributed by atoms with van der Waals surface area (Å²) in [5.74, 6) is 0. The molecule has 0 bridgehead atoms. The van der Waals surface area contributed by atoms with Gasteiger partial charge in [0, 0.05) is 10.5 Å². The van der Waals surface area contributed by atoms with E-state index in [0.717, 1.165) is 10.9 Å². The lowest BCUT2D eigenvalue weighted by Crippen LogP contribution is -2.24. The summed E-state index contributed by atoms with van der Waals surface area (Å²) in [6, 6.07) is 8.61. The molecule has 2 N–H and O–H groups in total. The highest BCUT2D eigenvalue weighted by Gasteiger charge is 2.13.